The first-order valence-corrected chi connectivity index (χ1v) is 13.1. The highest BCUT2D eigenvalue weighted by Gasteiger charge is 2.33. The van der Waals surface area contributed by atoms with Crippen molar-refractivity contribution in [3.63, 3.8) is 0 Å². The fourth-order valence-corrected chi connectivity index (χ4v) is 5.07. The normalized spacial score (nSPS) is 14.3. The SMILES string of the molecule is CCOc1cc(/C=C2\SC(=S)N(c3ccc(C)c(C)c3)C2=O)ccc1OCC(=O)Nc1cccc(C)c1. The Balaban J connectivity index is 1.48. The zero-order valence-electron chi connectivity index (χ0n) is 21.2. The third-order valence-corrected chi connectivity index (χ3v) is 7.07. The number of thioether (sulfide) groups is 1. The van der Waals surface area contributed by atoms with Crippen LogP contribution >= 0.6 is 24.0 Å². The molecule has 0 spiro atoms. The van der Waals surface area contributed by atoms with Crippen molar-refractivity contribution in [3.05, 3.63) is 87.8 Å². The van der Waals surface area contributed by atoms with Crippen LogP contribution in [0.1, 0.15) is 29.2 Å². The Kier molecular flexibility index (Phi) is 8.31. The van der Waals surface area contributed by atoms with Gasteiger partial charge in [0.25, 0.3) is 11.8 Å². The van der Waals surface area contributed by atoms with Gasteiger partial charge in [-0.05, 0) is 92.4 Å². The molecule has 2 amide bonds. The molecule has 1 aliphatic heterocycles. The lowest BCUT2D eigenvalue weighted by Gasteiger charge is -2.16. The van der Waals surface area contributed by atoms with Gasteiger partial charge in [-0.2, -0.15) is 0 Å². The van der Waals surface area contributed by atoms with Crippen molar-refractivity contribution in [2.24, 2.45) is 0 Å². The Hall–Kier alpha value is -3.62. The number of benzene rings is 3. The molecule has 4 rings (SSSR count). The van der Waals surface area contributed by atoms with Gasteiger partial charge in [-0.15, -0.1) is 0 Å². The first-order valence-electron chi connectivity index (χ1n) is 11.9. The number of hydrogen-bond acceptors (Lipinski definition) is 6. The predicted molar refractivity (Wildman–Crippen MR) is 154 cm³/mol. The molecule has 3 aromatic carbocycles. The van der Waals surface area contributed by atoms with Gasteiger partial charge in [0.05, 0.1) is 17.2 Å². The molecular formula is C29H28N2O4S2. The summed E-state index contributed by atoms with van der Waals surface area (Å²) in [5.74, 6) is 0.502. The first kappa shape index (κ1) is 26.4. The van der Waals surface area contributed by atoms with Crippen LogP contribution in [0, 0.1) is 20.8 Å². The number of hydrogen-bond donors (Lipinski definition) is 1. The zero-order valence-corrected chi connectivity index (χ0v) is 22.8. The molecule has 0 saturated carbocycles. The van der Waals surface area contributed by atoms with Gasteiger partial charge in [-0.25, -0.2) is 0 Å². The quantitative estimate of drug-likeness (QED) is 0.266. The van der Waals surface area contributed by atoms with E-state index in [-0.39, 0.29) is 18.4 Å². The fourth-order valence-electron chi connectivity index (χ4n) is 3.77. The largest absolute Gasteiger partial charge is 0.490 e. The number of nitrogens with one attached hydrogen (secondary N) is 1. The molecule has 0 atom stereocenters. The molecule has 1 aliphatic rings. The predicted octanol–water partition coefficient (Wildman–Crippen LogP) is 6.43. The van der Waals surface area contributed by atoms with E-state index in [0.29, 0.717) is 33.0 Å². The number of ether oxygens (including phenoxy) is 2. The van der Waals surface area contributed by atoms with Crippen LogP contribution in [0.15, 0.2) is 65.6 Å². The van der Waals surface area contributed by atoms with Gasteiger partial charge in [-0.3, -0.25) is 14.5 Å². The second-order valence-corrected chi connectivity index (χ2v) is 10.3. The smallest absolute Gasteiger partial charge is 0.270 e. The maximum atomic E-state index is 13.2. The molecular weight excluding hydrogens is 504 g/mol. The van der Waals surface area contributed by atoms with Crippen LogP contribution in [0.3, 0.4) is 0 Å². The van der Waals surface area contributed by atoms with E-state index < -0.39 is 0 Å². The highest BCUT2D eigenvalue weighted by atomic mass is 32.2. The molecule has 0 bridgehead atoms. The van der Waals surface area contributed by atoms with Crippen LogP contribution in [0.4, 0.5) is 11.4 Å². The molecule has 1 heterocycles. The molecule has 0 radical (unpaired) electrons. The van der Waals surface area contributed by atoms with Gasteiger partial charge < -0.3 is 14.8 Å². The summed E-state index contributed by atoms with van der Waals surface area (Å²) in [4.78, 5) is 27.7. The summed E-state index contributed by atoms with van der Waals surface area (Å²) in [7, 11) is 0. The average Bonchev–Trinajstić information content (AvgIpc) is 3.13. The van der Waals surface area contributed by atoms with Gasteiger partial charge >= 0.3 is 0 Å². The second-order valence-electron chi connectivity index (χ2n) is 8.63. The molecule has 0 aliphatic carbocycles. The number of rotatable bonds is 8. The number of carbonyl (C=O) groups excluding carboxylic acids is 2. The number of amides is 2. The van der Waals surface area contributed by atoms with Gasteiger partial charge in [0.15, 0.2) is 22.4 Å². The van der Waals surface area contributed by atoms with Crippen molar-refractivity contribution < 1.29 is 19.1 Å². The maximum Gasteiger partial charge on any atom is 0.270 e. The van der Waals surface area contributed by atoms with E-state index in [1.54, 1.807) is 23.1 Å². The summed E-state index contributed by atoms with van der Waals surface area (Å²) in [6, 6.07) is 18.8. The van der Waals surface area contributed by atoms with Crippen LogP contribution in [-0.2, 0) is 9.59 Å². The molecule has 1 saturated heterocycles. The van der Waals surface area contributed by atoms with Gasteiger partial charge in [-0.1, -0.05) is 48.2 Å². The Morgan fingerprint density at radius 2 is 1.81 bits per heavy atom. The molecule has 0 unspecified atom stereocenters. The molecule has 8 heteroatoms. The van der Waals surface area contributed by atoms with Crippen LogP contribution in [0.2, 0.25) is 0 Å². The zero-order chi connectivity index (χ0) is 26.5. The summed E-state index contributed by atoms with van der Waals surface area (Å²) >= 11 is 6.78. The lowest BCUT2D eigenvalue weighted by molar-refractivity contribution is -0.118. The highest BCUT2D eigenvalue weighted by Crippen LogP contribution is 2.37. The monoisotopic (exact) mass is 532 g/mol. The number of nitrogens with zero attached hydrogens (tertiary/aromatic N) is 1. The summed E-state index contributed by atoms with van der Waals surface area (Å²) in [6.45, 7) is 8.13. The first-order chi connectivity index (χ1) is 17.7. The van der Waals surface area contributed by atoms with Crippen molar-refractivity contribution >= 4 is 57.6 Å². The highest BCUT2D eigenvalue weighted by molar-refractivity contribution is 8.27. The molecule has 1 N–H and O–H groups in total. The number of anilines is 2. The van der Waals surface area contributed by atoms with Crippen molar-refractivity contribution in [2.45, 2.75) is 27.7 Å². The van der Waals surface area contributed by atoms with E-state index >= 15 is 0 Å². The Morgan fingerprint density at radius 3 is 2.54 bits per heavy atom. The molecule has 0 aromatic heterocycles. The van der Waals surface area contributed by atoms with Crippen LogP contribution in [0.5, 0.6) is 11.5 Å². The van der Waals surface area contributed by atoms with Gasteiger partial charge in [0.1, 0.15) is 0 Å². The molecule has 37 heavy (non-hydrogen) atoms. The topological polar surface area (TPSA) is 67.9 Å². The Bertz CT molecular complexity index is 1400. The number of aryl methyl sites for hydroxylation is 3. The van der Waals surface area contributed by atoms with Crippen molar-refractivity contribution in [2.75, 3.05) is 23.4 Å². The lowest BCUT2D eigenvalue weighted by Crippen LogP contribution is -2.27. The van der Waals surface area contributed by atoms with E-state index in [4.69, 9.17) is 21.7 Å². The standard InChI is InChI=1S/C29H28N2O4S2/c1-5-34-25-15-21(10-12-24(25)35-17-27(32)30-22-8-6-7-18(2)13-22)16-26-28(33)31(29(36)37-26)23-11-9-19(3)20(4)14-23/h6-16H,5,17H2,1-4H3,(H,30,32)/b26-16-. The van der Waals surface area contributed by atoms with E-state index in [0.717, 1.165) is 27.9 Å². The summed E-state index contributed by atoms with van der Waals surface area (Å²) in [5, 5.41) is 2.83. The number of carbonyl (C=O) groups is 2. The molecule has 3 aromatic rings. The van der Waals surface area contributed by atoms with Crippen molar-refractivity contribution in [3.8, 4) is 11.5 Å². The van der Waals surface area contributed by atoms with Crippen LogP contribution < -0.4 is 19.7 Å². The molecule has 1 fully saturated rings. The van der Waals surface area contributed by atoms with E-state index in [1.165, 1.54) is 11.8 Å². The van der Waals surface area contributed by atoms with Gasteiger partial charge in [0, 0.05) is 5.69 Å². The number of thiocarbonyl (C=S) groups is 1. The fraction of sp³-hybridized carbons (Fsp3) is 0.207. The molecule has 190 valence electrons. The maximum absolute atomic E-state index is 13.2. The van der Waals surface area contributed by atoms with E-state index in [1.807, 2.05) is 76.2 Å². The Labute approximate surface area is 226 Å². The van der Waals surface area contributed by atoms with Crippen LogP contribution in [0.25, 0.3) is 6.08 Å². The third kappa shape index (κ3) is 6.39. The minimum Gasteiger partial charge on any atom is -0.490 e. The lowest BCUT2D eigenvalue weighted by atomic mass is 10.1. The van der Waals surface area contributed by atoms with Crippen molar-refractivity contribution in [1.29, 1.82) is 0 Å². The van der Waals surface area contributed by atoms with Gasteiger partial charge in [0.2, 0.25) is 0 Å². The Morgan fingerprint density at radius 1 is 1.00 bits per heavy atom. The second kappa shape index (κ2) is 11.6. The minimum atomic E-state index is -0.271. The molecule has 6 nitrogen and oxygen atoms in total. The van der Waals surface area contributed by atoms with E-state index in [9.17, 15) is 9.59 Å². The van der Waals surface area contributed by atoms with Crippen molar-refractivity contribution in [1.82, 2.24) is 0 Å². The average molecular weight is 533 g/mol. The minimum absolute atomic E-state index is 0.163. The van der Waals surface area contributed by atoms with E-state index in [2.05, 4.69) is 5.32 Å². The summed E-state index contributed by atoms with van der Waals surface area (Å²) < 4.78 is 12.0. The summed E-state index contributed by atoms with van der Waals surface area (Å²) in [6.07, 6.45) is 1.79. The summed E-state index contributed by atoms with van der Waals surface area (Å²) in [5.41, 5.74) is 5.55. The third-order valence-electron chi connectivity index (χ3n) is 5.77. The van der Waals surface area contributed by atoms with Crippen LogP contribution in [-0.4, -0.2) is 29.3 Å².